The van der Waals surface area contributed by atoms with Gasteiger partial charge in [-0.3, -0.25) is 0 Å². The predicted molar refractivity (Wildman–Crippen MR) is 174 cm³/mol. The van der Waals surface area contributed by atoms with E-state index in [1.165, 1.54) is 54.9 Å². The fourth-order valence-corrected chi connectivity index (χ4v) is 27.3. The second-order valence-corrected chi connectivity index (χ2v) is 29.8. The van der Waals surface area contributed by atoms with Gasteiger partial charge in [-0.05, 0) is 0 Å². The van der Waals surface area contributed by atoms with Crippen molar-refractivity contribution < 1.29 is 20.4 Å². The van der Waals surface area contributed by atoms with Crippen molar-refractivity contribution in [2.24, 2.45) is 0 Å². The Bertz CT molecular complexity index is 2050. The van der Waals surface area contributed by atoms with E-state index in [0.29, 0.717) is 7.25 Å². The van der Waals surface area contributed by atoms with Gasteiger partial charge >= 0.3 is 252 Å². The van der Waals surface area contributed by atoms with Crippen molar-refractivity contribution in [3.05, 3.63) is 150 Å². The molecular formula is C39H32SiZr. The maximum atomic E-state index is 2.70. The quantitative estimate of drug-likeness (QED) is 0.137. The Morgan fingerprint density at radius 3 is 1.80 bits per heavy atom. The van der Waals surface area contributed by atoms with Crippen LogP contribution in [0, 0.1) is 0 Å². The summed E-state index contributed by atoms with van der Waals surface area (Å²) in [6.07, 6.45) is 2.70. The minimum atomic E-state index is -2.13. The predicted octanol–water partition coefficient (Wildman–Crippen LogP) is 10.8. The maximum absolute atomic E-state index is 2.70. The number of rotatable bonds is 3. The van der Waals surface area contributed by atoms with E-state index < -0.39 is 25.8 Å². The van der Waals surface area contributed by atoms with Crippen LogP contribution in [0.2, 0.25) is 13.1 Å². The van der Waals surface area contributed by atoms with Crippen molar-refractivity contribution >= 4 is 32.6 Å². The van der Waals surface area contributed by atoms with Gasteiger partial charge in [0.25, 0.3) is 0 Å². The van der Waals surface area contributed by atoms with Gasteiger partial charge < -0.3 is 0 Å². The van der Waals surface area contributed by atoms with Crippen molar-refractivity contribution in [2.45, 2.75) is 27.3 Å². The summed E-state index contributed by atoms with van der Waals surface area (Å²) in [7, 11) is 0. The molecule has 1 unspecified atom stereocenters. The molecule has 2 heteroatoms. The first-order chi connectivity index (χ1) is 20.1. The van der Waals surface area contributed by atoms with Crippen LogP contribution in [-0.4, -0.2) is 5.43 Å². The molecule has 41 heavy (non-hydrogen) atoms. The average Bonchev–Trinajstić information content (AvgIpc) is 3.52. The van der Waals surface area contributed by atoms with Crippen LogP contribution in [0.15, 0.2) is 127 Å². The first-order valence-corrected chi connectivity index (χ1v) is 23.7. The van der Waals surface area contributed by atoms with Crippen LogP contribution in [0.4, 0.5) is 0 Å². The first-order valence-electron chi connectivity index (χ1n) is 14.7. The molecule has 2 aliphatic carbocycles. The summed E-state index contributed by atoms with van der Waals surface area (Å²) >= 11 is -2.13. The SMILES string of the molecule is CC1=C[CH]([Zr]([CH]2c3ccccc3-c3ccccc32)=[Si](C)C)c2cccc(-c3cc4ccccc4c4ccccc34)c21. The minimum absolute atomic E-state index is 0.474. The van der Waals surface area contributed by atoms with Crippen LogP contribution >= 0.6 is 0 Å². The van der Waals surface area contributed by atoms with Crippen LogP contribution in [0.3, 0.4) is 0 Å². The monoisotopic (exact) mass is 618 g/mol. The van der Waals surface area contributed by atoms with Crippen molar-refractivity contribution in [3.8, 4) is 22.3 Å². The third-order valence-electron chi connectivity index (χ3n) is 9.36. The fraction of sp³-hybridized carbons (Fsp3) is 0.128. The standard InChI is InChI=1S/C24H17.C13H9.C2H6Si.Zr/c1-16-13-14-17-8-6-12-22(24(16)17)23-15-18-7-2-3-9-19(18)20-10-4-5-11-21(20)23;1-3-7-12-10(5-1)9-11-6-2-4-8-13(11)12;1-3-2;/h2-15H,1H3;1-9H;1-2H3;. The Labute approximate surface area is 250 Å². The molecule has 0 aromatic heterocycles. The van der Waals surface area contributed by atoms with Crippen LogP contribution < -0.4 is 0 Å². The van der Waals surface area contributed by atoms with E-state index in [2.05, 4.69) is 147 Å². The van der Waals surface area contributed by atoms with Gasteiger partial charge in [0.1, 0.15) is 0 Å². The van der Waals surface area contributed by atoms with Crippen LogP contribution in [0.25, 0.3) is 49.4 Å². The second-order valence-electron chi connectivity index (χ2n) is 11.9. The molecule has 0 heterocycles. The Morgan fingerprint density at radius 2 is 1.10 bits per heavy atom. The molecule has 6 aromatic carbocycles. The zero-order valence-corrected chi connectivity index (χ0v) is 27.2. The molecule has 0 saturated carbocycles. The number of fused-ring (bicyclic) bond motifs is 7. The first kappa shape index (κ1) is 25.4. The van der Waals surface area contributed by atoms with E-state index in [0.717, 1.165) is 0 Å². The summed E-state index contributed by atoms with van der Waals surface area (Å²) in [6.45, 7) is 7.61. The molecule has 0 N–H and O–H groups in total. The molecule has 6 aromatic rings. The molecule has 0 spiro atoms. The van der Waals surface area contributed by atoms with Crippen LogP contribution in [0.1, 0.15) is 36.4 Å². The fourth-order valence-electron chi connectivity index (χ4n) is 7.72. The van der Waals surface area contributed by atoms with E-state index in [1.807, 2.05) is 0 Å². The molecule has 0 radical (unpaired) electrons. The molecule has 0 nitrogen and oxygen atoms in total. The van der Waals surface area contributed by atoms with Gasteiger partial charge in [0.15, 0.2) is 0 Å². The van der Waals surface area contributed by atoms with Crippen molar-refractivity contribution in [1.82, 2.24) is 0 Å². The van der Waals surface area contributed by atoms with Gasteiger partial charge in [-0.1, -0.05) is 0 Å². The van der Waals surface area contributed by atoms with E-state index in [1.54, 1.807) is 16.7 Å². The molecule has 1 atom stereocenters. The van der Waals surface area contributed by atoms with E-state index in [9.17, 15) is 0 Å². The third kappa shape index (κ3) is 3.88. The average molecular weight is 620 g/mol. The molecule has 0 saturated heterocycles. The molecule has 2 aliphatic rings. The van der Waals surface area contributed by atoms with Crippen molar-refractivity contribution in [1.29, 1.82) is 0 Å². The molecule has 196 valence electrons. The van der Waals surface area contributed by atoms with Crippen molar-refractivity contribution in [3.63, 3.8) is 0 Å². The van der Waals surface area contributed by atoms with E-state index in [-0.39, 0.29) is 0 Å². The normalized spacial score (nSPS) is 15.5. The number of hydrogen-bond acceptors (Lipinski definition) is 0. The van der Waals surface area contributed by atoms with Crippen LogP contribution in [-0.2, 0) is 20.4 Å². The van der Waals surface area contributed by atoms with E-state index >= 15 is 0 Å². The summed E-state index contributed by atoms with van der Waals surface area (Å²) < 4.78 is 1.23. The van der Waals surface area contributed by atoms with Gasteiger partial charge in [-0.25, -0.2) is 0 Å². The Morgan fingerprint density at radius 1 is 0.537 bits per heavy atom. The number of hydrogen-bond donors (Lipinski definition) is 0. The Balaban J connectivity index is 1.35. The number of allylic oxidation sites excluding steroid dienone is 2. The van der Waals surface area contributed by atoms with Gasteiger partial charge in [0.2, 0.25) is 0 Å². The molecule has 8 rings (SSSR count). The summed E-state index contributed by atoms with van der Waals surface area (Å²) in [6, 6.07) is 46.0. The number of benzene rings is 6. The van der Waals surface area contributed by atoms with Gasteiger partial charge in [-0.15, -0.1) is 0 Å². The summed E-state index contributed by atoms with van der Waals surface area (Å²) in [5.41, 5.74) is 13.0. The summed E-state index contributed by atoms with van der Waals surface area (Å²) in [5, 5.41) is 5.35. The zero-order chi connectivity index (χ0) is 27.7. The van der Waals surface area contributed by atoms with E-state index in [4.69, 9.17) is 0 Å². The van der Waals surface area contributed by atoms with Gasteiger partial charge in [0, 0.05) is 0 Å². The Hall–Kier alpha value is -3.32. The molecule has 0 amide bonds. The summed E-state index contributed by atoms with van der Waals surface area (Å²) in [5.74, 6) is 0. The summed E-state index contributed by atoms with van der Waals surface area (Å²) in [4.78, 5) is 0. The molecule has 0 fully saturated rings. The zero-order valence-electron chi connectivity index (χ0n) is 23.8. The third-order valence-corrected chi connectivity index (χ3v) is 28.5. The molecule has 0 bridgehead atoms. The van der Waals surface area contributed by atoms with Gasteiger partial charge in [-0.2, -0.15) is 0 Å². The van der Waals surface area contributed by atoms with Crippen molar-refractivity contribution in [2.75, 3.05) is 0 Å². The van der Waals surface area contributed by atoms with Crippen LogP contribution in [0.5, 0.6) is 0 Å². The Kier molecular flexibility index (Phi) is 6.13. The van der Waals surface area contributed by atoms with Gasteiger partial charge in [0.05, 0.1) is 0 Å². The molecule has 0 aliphatic heterocycles. The molecular weight excluding hydrogens is 588 g/mol. The topological polar surface area (TPSA) is 0 Å². The second kappa shape index (κ2) is 9.90.